The summed E-state index contributed by atoms with van der Waals surface area (Å²) in [5.74, 6) is 2.10. The van der Waals surface area contributed by atoms with Crippen molar-refractivity contribution in [1.82, 2.24) is 15.0 Å². The van der Waals surface area contributed by atoms with E-state index < -0.39 is 0 Å². The molecule has 0 unspecified atom stereocenters. The molecule has 0 spiro atoms. The molecule has 0 atom stereocenters. The van der Waals surface area contributed by atoms with Crippen molar-refractivity contribution in [3.05, 3.63) is 86.2 Å². The lowest BCUT2D eigenvalue weighted by Gasteiger charge is -2.26. The molecule has 2 heterocycles. The molecule has 1 fully saturated rings. The summed E-state index contributed by atoms with van der Waals surface area (Å²) in [5, 5.41) is 8.18. The molecule has 0 radical (unpaired) electrons. The third-order valence-electron chi connectivity index (χ3n) is 6.29. The van der Waals surface area contributed by atoms with Gasteiger partial charge in [-0.25, -0.2) is 9.82 Å². The van der Waals surface area contributed by atoms with E-state index in [1.54, 1.807) is 25.5 Å². The minimum atomic E-state index is -0.315. The van der Waals surface area contributed by atoms with E-state index in [-0.39, 0.29) is 11.8 Å². The number of piperidine rings is 1. The minimum Gasteiger partial charge on any atom is -0.493 e. The highest BCUT2D eigenvalue weighted by atomic mass is 127. The number of anilines is 4. The molecule has 9 nitrogen and oxygen atoms in total. The van der Waals surface area contributed by atoms with E-state index in [0.29, 0.717) is 40.7 Å². The van der Waals surface area contributed by atoms with Crippen LogP contribution >= 0.6 is 34.2 Å². The fourth-order valence-corrected chi connectivity index (χ4v) is 5.13. The van der Waals surface area contributed by atoms with Gasteiger partial charge in [0.15, 0.2) is 11.5 Å². The van der Waals surface area contributed by atoms with E-state index in [0.717, 1.165) is 40.6 Å². The Morgan fingerprint density at radius 2 is 1.73 bits per heavy atom. The largest absolute Gasteiger partial charge is 0.493 e. The van der Waals surface area contributed by atoms with Crippen LogP contribution in [-0.2, 0) is 6.61 Å². The highest BCUT2D eigenvalue weighted by molar-refractivity contribution is 14.1. The highest BCUT2D eigenvalue weighted by Crippen LogP contribution is 2.34. The van der Waals surface area contributed by atoms with Crippen molar-refractivity contribution in [2.75, 3.05) is 35.8 Å². The zero-order chi connectivity index (χ0) is 28.6. The van der Waals surface area contributed by atoms with Gasteiger partial charge in [-0.2, -0.15) is 20.1 Å². The van der Waals surface area contributed by atoms with Gasteiger partial charge in [-0.15, -0.1) is 0 Å². The second kappa shape index (κ2) is 13.8. The number of ether oxygens (including phenoxy) is 2. The first-order chi connectivity index (χ1) is 20.0. The molecule has 0 aliphatic carbocycles. The number of hydrogen-bond acceptors (Lipinski definition) is 9. The number of hydrazone groups is 1. The van der Waals surface area contributed by atoms with Crippen LogP contribution < -0.4 is 25.1 Å². The van der Waals surface area contributed by atoms with E-state index >= 15 is 0 Å². The molecule has 1 saturated heterocycles. The number of rotatable bonds is 10. The second-order valence-electron chi connectivity index (χ2n) is 9.28. The van der Waals surface area contributed by atoms with Crippen LogP contribution in [0.1, 0.15) is 30.4 Å². The third kappa shape index (κ3) is 7.94. The quantitative estimate of drug-likeness (QED) is 0.104. The van der Waals surface area contributed by atoms with Gasteiger partial charge in [-0.3, -0.25) is 0 Å². The summed E-state index contributed by atoms with van der Waals surface area (Å²) < 4.78 is 25.9. The van der Waals surface area contributed by atoms with Gasteiger partial charge >= 0.3 is 0 Å². The van der Waals surface area contributed by atoms with Crippen molar-refractivity contribution in [3.8, 4) is 11.5 Å². The highest BCUT2D eigenvalue weighted by Gasteiger charge is 2.17. The average molecular weight is 688 g/mol. The molecule has 4 aromatic rings. The van der Waals surface area contributed by atoms with Crippen LogP contribution in [0.3, 0.4) is 0 Å². The lowest BCUT2D eigenvalue weighted by atomic mass is 10.1. The van der Waals surface area contributed by atoms with Crippen LogP contribution in [0.2, 0.25) is 5.02 Å². The first kappa shape index (κ1) is 28.8. The molecule has 2 N–H and O–H groups in total. The summed E-state index contributed by atoms with van der Waals surface area (Å²) in [5.41, 5.74) is 5.39. The van der Waals surface area contributed by atoms with Crippen molar-refractivity contribution < 1.29 is 13.9 Å². The van der Waals surface area contributed by atoms with Crippen molar-refractivity contribution >= 4 is 63.9 Å². The molecule has 212 valence electrons. The Morgan fingerprint density at radius 1 is 1.00 bits per heavy atom. The summed E-state index contributed by atoms with van der Waals surface area (Å²) in [6, 6.07) is 17.3. The minimum absolute atomic E-state index is 0.283. The Bertz CT molecular complexity index is 1500. The standard InChI is InChI=1S/C29H28ClFIN7O2/c1-40-25-16-20(15-24(32)26(25)41-18-19-5-7-21(30)8-6-19)17-33-38-28-35-27(34-23-11-9-22(31)10-12-23)36-29(37-28)39-13-3-2-4-14-39/h5-12,15-17H,2-4,13-14,18H2,1H3,(H2,34,35,36,37,38)/b33-17-. The van der Waals surface area contributed by atoms with E-state index in [4.69, 9.17) is 21.1 Å². The van der Waals surface area contributed by atoms with Crippen molar-refractivity contribution in [2.45, 2.75) is 25.9 Å². The maximum atomic E-state index is 13.4. The van der Waals surface area contributed by atoms with Gasteiger partial charge in [-0.05, 0) is 102 Å². The third-order valence-corrected chi connectivity index (χ3v) is 7.34. The van der Waals surface area contributed by atoms with Crippen LogP contribution in [0.5, 0.6) is 11.5 Å². The Kier molecular flexibility index (Phi) is 9.67. The van der Waals surface area contributed by atoms with Crippen LogP contribution in [0.4, 0.5) is 27.9 Å². The topological polar surface area (TPSA) is 96.8 Å². The fourth-order valence-electron chi connectivity index (χ4n) is 4.22. The first-order valence-corrected chi connectivity index (χ1v) is 14.5. The molecule has 0 bridgehead atoms. The molecular weight excluding hydrogens is 660 g/mol. The van der Waals surface area contributed by atoms with Gasteiger partial charge in [0.1, 0.15) is 12.4 Å². The molecule has 5 rings (SSSR count). The molecule has 1 aliphatic heterocycles. The first-order valence-electron chi connectivity index (χ1n) is 13.0. The number of methoxy groups -OCH3 is 1. The summed E-state index contributed by atoms with van der Waals surface area (Å²) in [6.07, 6.45) is 5.00. The monoisotopic (exact) mass is 687 g/mol. The van der Waals surface area contributed by atoms with Crippen molar-refractivity contribution in [1.29, 1.82) is 0 Å². The Morgan fingerprint density at radius 3 is 2.46 bits per heavy atom. The summed E-state index contributed by atoms with van der Waals surface area (Å²) in [7, 11) is 1.60. The molecule has 12 heteroatoms. The molecule has 0 saturated carbocycles. The maximum absolute atomic E-state index is 13.4. The van der Waals surface area contributed by atoms with E-state index in [2.05, 4.69) is 58.3 Å². The number of halogens is 3. The SMILES string of the molecule is COc1cc(/C=N\Nc2nc(Nc3ccc(F)cc3)nc(N3CCCCC3)n2)cc(I)c1OCc1ccc(Cl)cc1. The van der Waals surface area contributed by atoms with Gasteiger partial charge in [0.25, 0.3) is 0 Å². The molecular formula is C29H28ClFIN7O2. The van der Waals surface area contributed by atoms with Crippen LogP contribution in [0, 0.1) is 9.39 Å². The lowest BCUT2D eigenvalue weighted by molar-refractivity contribution is 0.282. The maximum Gasteiger partial charge on any atom is 0.250 e. The number of aromatic nitrogens is 3. The molecule has 3 aromatic carbocycles. The van der Waals surface area contributed by atoms with Gasteiger partial charge in [-0.1, -0.05) is 23.7 Å². The zero-order valence-corrected chi connectivity index (χ0v) is 25.2. The number of hydrogen-bond donors (Lipinski definition) is 2. The molecule has 41 heavy (non-hydrogen) atoms. The molecule has 1 aromatic heterocycles. The summed E-state index contributed by atoms with van der Waals surface area (Å²) in [6.45, 7) is 2.12. The van der Waals surface area contributed by atoms with Crippen LogP contribution in [0.25, 0.3) is 0 Å². The van der Waals surface area contributed by atoms with Crippen LogP contribution in [0.15, 0.2) is 65.8 Å². The second-order valence-corrected chi connectivity index (χ2v) is 10.9. The van der Waals surface area contributed by atoms with Crippen LogP contribution in [-0.4, -0.2) is 41.4 Å². The van der Waals surface area contributed by atoms with Gasteiger partial charge in [0.05, 0.1) is 16.9 Å². The molecule has 0 amide bonds. The average Bonchev–Trinajstić information content (AvgIpc) is 2.99. The van der Waals surface area contributed by atoms with E-state index in [1.807, 2.05) is 36.4 Å². The van der Waals surface area contributed by atoms with Gasteiger partial charge in [0, 0.05) is 23.8 Å². The predicted molar refractivity (Wildman–Crippen MR) is 168 cm³/mol. The Labute approximate surface area is 256 Å². The predicted octanol–water partition coefficient (Wildman–Crippen LogP) is 7.04. The van der Waals surface area contributed by atoms with Gasteiger partial charge < -0.3 is 19.7 Å². The summed E-state index contributed by atoms with van der Waals surface area (Å²) in [4.78, 5) is 15.8. The number of benzene rings is 3. The Balaban J connectivity index is 1.32. The molecule has 1 aliphatic rings. The van der Waals surface area contributed by atoms with E-state index in [1.165, 1.54) is 18.6 Å². The lowest BCUT2D eigenvalue weighted by Crippen LogP contribution is -2.31. The van der Waals surface area contributed by atoms with Crippen molar-refractivity contribution in [2.24, 2.45) is 5.10 Å². The Hall–Kier alpha value is -3.71. The number of nitrogens with one attached hydrogen (secondary N) is 2. The van der Waals surface area contributed by atoms with Crippen molar-refractivity contribution in [3.63, 3.8) is 0 Å². The summed E-state index contributed by atoms with van der Waals surface area (Å²) >= 11 is 8.20. The number of nitrogens with zero attached hydrogens (tertiary/aromatic N) is 5. The smallest absolute Gasteiger partial charge is 0.250 e. The zero-order valence-electron chi connectivity index (χ0n) is 22.3. The normalized spacial score (nSPS) is 13.3. The van der Waals surface area contributed by atoms with E-state index in [9.17, 15) is 4.39 Å². The fraction of sp³-hybridized carbons (Fsp3) is 0.241. The van der Waals surface area contributed by atoms with Gasteiger partial charge in [0.2, 0.25) is 17.8 Å².